The van der Waals surface area contributed by atoms with Crippen LogP contribution in [0.5, 0.6) is 5.75 Å². The SMILES string of the molecule is Cc1ccc(-n2c(-c3ccncc3)nn(CN3CCN(Cc4ccc5c(c4)CCO5)CC3)c2=S)cc1. The number of hydrogen-bond donors (Lipinski definition) is 0. The highest BCUT2D eigenvalue weighted by Gasteiger charge is 2.21. The first-order valence-corrected chi connectivity index (χ1v) is 12.9. The van der Waals surface area contributed by atoms with Crippen LogP contribution in [0.1, 0.15) is 16.7 Å². The molecule has 6 rings (SSSR count). The fourth-order valence-corrected chi connectivity index (χ4v) is 5.28. The molecule has 2 aliphatic rings. The Kier molecular flexibility index (Phi) is 6.39. The van der Waals surface area contributed by atoms with Crippen LogP contribution in [0, 0.1) is 11.7 Å². The van der Waals surface area contributed by atoms with Crippen molar-refractivity contribution < 1.29 is 4.74 Å². The summed E-state index contributed by atoms with van der Waals surface area (Å²) in [5.74, 6) is 1.89. The minimum atomic E-state index is 0.680. The molecule has 36 heavy (non-hydrogen) atoms. The Bertz CT molecular complexity index is 1400. The van der Waals surface area contributed by atoms with Crippen molar-refractivity contribution in [2.45, 2.75) is 26.6 Å². The summed E-state index contributed by atoms with van der Waals surface area (Å²) in [6.07, 6.45) is 4.61. The Hall–Kier alpha value is -3.33. The molecule has 0 radical (unpaired) electrons. The molecule has 4 aromatic rings. The van der Waals surface area contributed by atoms with E-state index in [2.05, 4.69) is 68.7 Å². The van der Waals surface area contributed by atoms with Crippen molar-refractivity contribution in [3.8, 4) is 22.8 Å². The first kappa shape index (κ1) is 23.1. The zero-order valence-corrected chi connectivity index (χ0v) is 21.3. The summed E-state index contributed by atoms with van der Waals surface area (Å²) < 4.78 is 10.4. The van der Waals surface area contributed by atoms with Gasteiger partial charge in [0.2, 0.25) is 4.77 Å². The molecular formula is C28H30N6OS. The minimum Gasteiger partial charge on any atom is -0.493 e. The number of pyridine rings is 1. The van der Waals surface area contributed by atoms with Gasteiger partial charge in [-0.3, -0.25) is 19.4 Å². The number of aromatic nitrogens is 4. The maximum absolute atomic E-state index is 5.95. The van der Waals surface area contributed by atoms with E-state index >= 15 is 0 Å². The molecule has 2 aromatic heterocycles. The molecule has 7 nitrogen and oxygen atoms in total. The molecular weight excluding hydrogens is 468 g/mol. The van der Waals surface area contributed by atoms with Gasteiger partial charge < -0.3 is 4.74 Å². The number of aryl methyl sites for hydroxylation is 1. The molecule has 2 aliphatic heterocycles. The number of hydrogen-bond acceptors (Lipinski definition) is 6. The average Bonchev–Trinajstić information content (AvgIpc) is 3.50. The van der Waals surface area contributed by atoms with Gasteiger partial charge in [0.15, 0.2) is 5.82 Å². The third-order valence-electron chi connectivity index (χ3n) is 7.03. The molecule has 0 atom stereocenters. The van der Waals surface area contributed by atoms with Crippen molar-refractivity contribution in [2.24, 2.45) is 0 Å². The Morgan fingerprint density at radius 2 is 1.67 bits per heavy atom. The van der Waals surface area contributed by atoms with Crippen molar-refractivity contribution in [3.05, 3.63) is 88.5 Å². The molecule has 4 heterocycles. The molecule has 0 N–H and O–H groups in total. The van der Waals surface area contributed by atoms with Crippen LogP contribution < -0.4 is 4.74 Å². The second-order valence-corrected chi connectivity index (χ2v) is 9.95. The summed E-state index contributed by atoms with van der Waals surface area (Å²) in [6.45, 7) is 8.58. The van der Waals surface area contributed by atoms with Crippen molar-refractivity contribution >= 4 is 12.2 Å². The highest BCUT2D eigenvalue weighted by atomic mass is 32.1. The molecule has 0 amide bonds. The monoisotopic (exact) mass is 498 g/mol. The maximum atomic E-state index is 5.95. The summed E-state index contributed by atoms with van der Waals surface area (Å²) in [6, 6.07) is 19.0. The van der Waals surface area contributed by atoms with E-state index in [4.69, 9.17) is 22.1 Å². The van der Waals surface area contributed by atoms with Gasteiger partial charge in [0.25, 0.3) is 0 Å². The number of ether oxygens (including phenoxy) is 1. The lowest BCUT2D eigenvalue weighted by Gasteiger charge is -2.34. The highest BCUT2D eigenvalue weighted by molar-refractivity contribution is 7.71. The van der Waals surface area contributed by atoms with Crippen LogP contribution in [0.3, 0.4) is 0 Å². The van der Waals surface area contributed by atoms with Crippen molar-refractivity contribution in [1.29, 1.82) is 0 Å². The molecule has 184 valence electrons. The Morgan fingerprint density at radius 3 is 2.44 bits per heavy atom. The van der Waals surface area contributed by atoms with Gasteiger partial charge in [-0.05, 0) is 60.6 Å². The molecule has 0 spiro atoms. The second-order valence-electron chi connectivity index (χ2n) is 9.59. The lowest BCUT2D eigenvalue weighted by molar-refractivity contribution is 0.0981. The van der Waals surface area contributed by atoms with Gasteiger partial charge in [0, 0.05) is 62.8 Å². The summed E-state index contributed by atoms with van der Waals surface area (Å²) in [5.41, 5.74) is 5.95. The van der Waals surface area contributed by atoms with Gasteiger partial charge >= 0.3 is 0 Å². The molecule has 1 saturated heterocycles. The van der Waals surface area contributed by atoms with Crippen LogP contribution in [0.25, 0.3) is 17.1 Å². The van der Waals surface area contributed by atoms with Crippen LogP contribution in [0.4, 0.5) is 0 Å². The van der Waals surface area contributed by atoms with Gasteiger partial charge in [0.05, 0.1) is 13.3 Å². The Morgan fingerprint density at radius 1 is 0.917 bits per heavy atom. The van der Waals surface area contributed by atoms with Crippen LogP contribution >= 0.6 is 12.2 Å². The number of rotatable bonds is 6. The first-order chi connectivity index (χ1) is 17.6. The van der Waals surface area contributed by atoms with E-state index in [0.717, 1.165) is 68.6 Å². The smallest absolute Gasteiger partial charge is 0.204 e. The van der Waals surface area contributed by atoms with E-state index in [9.17, 15) is 0 Å². The summed E-state index contributed by atoms with van der Waals surface area (Å²) in [4.78, 5) is 9.14. The van der Waals surface area contributed by atoms with E-state index in [1.807, 2.05) is 16.8 Å². The van der Waals surface area contributed by atoms with Gasteiger partial charge in [-0.15, -0.1) is 5.10 Å². The molecule has 0 bridgehead atoms. The molecule has 8 heteroatoms. The molecule has 0 unspecified atom stereocenters. The third kappa shape index (κ3) is 4.72. The van der Waals surface area contributed by atoms with Gasteiger partial charge in [0.1, 0.15) is 5.75 Å². The van der Waals surface area contributed by atoms with E-state index in [-0.39, 0.29) is 0 Å². The minimum absolute atomic E-state index is 0.680. The van der Waals surface area contributed by atoms with Gasteiger partial charge in [-0.25, -0.2) is 4.68 Å². The molecule has 2 aromatic carbocycles. The zero-order valence-electron chi connectivity index (χ0n) is 20.5. The standard InChI is InChI=1S/C28H30N6OS/c1-21-2-5-25(6-3-21)34-27(23-8-11-29-12-9-23)30-33(28(34)36)20-32-15-13-31(14-16-32)19-22-4-7-26-24(18-22)10-17-35-26/h2-9,11-12,18H,10,13-17,19-20H2,1H3. The second kappa shape index (κ2) is 9.97. The lowest BCUT2D eigenvalue weighted by Crippen LogP contribution is -2.46. The Balaban J connectivity index is 1.18. The predicted octanol–water partition coefficient (Wildman–Crippen LogP) is 4.48. The van der Waals surface area contributed by atoms with E-state index < -0.39 is 0 Å². The summed E-state index contributed by atoms with van der Waals surface area (Å²) >= 11 is 5.95. The predicted molar refractivity (Wildman–Crippen MR) is 143 cm³/mol. The third-order valence-corrected chi connectivity index (χ3v) is 7.42. The van der Waals surface area contributed by atoms with Crippen molar-refractivity contribution in [1.82, 2.24) is 29.1 Å². The van der Waals surface area contributed by atoms with Crippen LogP contribution in [-0.2, 0) is 19.6 Å². The largest absolute Gasteiger partial charge is 0.493 e. The number of benzene rings is 2. The lowest BCUT2D eigenvalue weighted by atomic mass is 10.1. The fourth-order valence-electron chi connectivity index (χ4n) is 4.99. The zero-order chi connectivity index (χ0) is 24.5. The number of fused-ring (bicyclic) bond motifs is 1. The molecule has 0 aliphatic carbocycles. The van der Waals surface area contributed by atoms with E-state index in [1.165, 1.54) is 16.7 Å². The fraction of sp³-hybridized carbons (Fsp3) is 0.321. The Labute approximate surface area is 216 Å². The van der Waals surface area contributed by atoms with E-state index in [1.54, 1.807) is 12.4 Å². The van der Waals surface area contributed by atoms with Crippen LogP contribution in [0.15, 0.2) is 67.0 Å². The van der Waals surface area contributed by atoms with Gasteiger partial charge in [-0.1, -0.05) is 29.8 Å². The first-order valence-electron chi connectivity index (χ1n) is 12.5. The highest BCUT2D eigenvalue weighted by Crippen LogP contribution is 2.27. The summed E-state index contributed by atoms with van der Waals surface area (Å²) in [7, 11) is 0. The van der Waals surface area contributed by atoms with Gasteiger partial charge in [-0.2, -0.15) is 0 Å². The summed E-state index contributed by atoms with van der Waals surface area (Å²) in [5, 5.41) is 4.97. The van der Waals surface area contributed by atoms with Crippen LogP contribution in [-0.4, -0.2) is 61.9 Å². The molecule has 1 fully saturated rings. The molecule has 0 saturated carbocycles. The average molecular weight is 499 g/mol. The number of piperazine rings is 1. The maximum Gasteiger partial charge on any atom is 0.204 e. The van der Waals surface area contributed by atoms with Crippen molar-refractivity contribution in [3.63, 3.8) is 0 Å². The quantitative estimate of drug-likeness (QED) is 0.365. The normalized spacial score (nSPS) is 16.1. The van der Waals surface area contributed by atoms with E-state index in [0.29, 0.717) is 11.4 Å². The van der Waals surface area contributed by atoms with Crippen molar-refractivity contribution in [2.75, 3.05) is 32.8 Å². The topological polar surface area (TPSA) is 51.4 Å². The number of nitrogens with zero attached hydrogens (tertiary/aromatic N) is 6. The van der Waals surface area contributed by atoms with Crippen LogP contribution in [0.2, 0.25) is 0 Å².